The Morgan fingerprint density at radius 2 is 0.774 bits per heavy atom. The Labute approximate surface area is 317 Å². The number of nitrogens with one attached hydrogen (secondary N) is 1. The highest BCUT2D eigenvalue weighted by molar-refractivity contribution is 5.72. The Morgan fingerprint density at radius 3 is 1.13 bits per heavy atom. The molecule has 0 bridgehead atoms. The summed E-state index contributed by atoms with van der Waals surface area (Å²) in [5.74, 6) is 29.0. The molecule has 0 aliphatic rings. The van der Waals surface area contributed by atoms with E-state index in [0.29, 0.717) is 6.54 Å². The average Bonchev–Trinajstić information content (AvgIpc) is 3.18. The maximum atomic E-state index is 5.79. The molecule has 0 amide bonds. The van der Waals surface area contributed by atoms with Gasteiger partial charge >= 0.3 is 0 Å². The molecule has 0 spiro atoms. The molecular formula is C52H43N. The lowest BCUT2D eigenvalue weighted by atomic mass is 9.85. The fourth-order valence-corrected chi connectivity index (χ4v) is 5.47. The maximum Gasteiger partial charge on any atom is 0.0662 e. The van der Waals surface area contributed by atoms with Crippen LogP contribution in [0.3, 0.4) is 0 Å². The predicted molar refractivity (Wildman–Crippen MR) is 223 cm³/mol. The van der Waals surface area contributed by atoms with E-state index in [0.717, 1.165) is 61.3 Å². The summed E-state index contributed by atoms with van der Waals surface area (Å²) >= 11 is 0. The third kappa shape index (κ3) is 9.53. The van der Waals surface area contributed by atoms with Gasteiger partial charge in [-0.25, -0.2) is 0 Å². The quantitative estimate of drug-likeness (QED) is 0.176. The average molecular weight is 682 g/mol. The van der Waals surface area contributed by atoms with Crippen LogP contribution in [0.2, 0.25) is 0 Å². The minimum absolute atomic E-state index is 0.356. The van der Waals surface area contributed by atoms with Crippen LogP contribution in [0, 0.1) is 72.6 Å². The molecule has 0 fully saturated rings. The Morgan fingerprint density at radius 1 is 0.434 bits per heavy atom. The predicted octanol–water partition coefficient (Wildman–Crippen LogP) is 10.2. The van der Waals surface area contributed by atoms with E-state index >= 15 is 0 Å². The summed E-state index contributed by atoms with van der Waals surface area (Å²) in [5.41, 5.74) is 9.14. The number of terminal acetylenes is 3. The summed E-state index contributed by atoms with van der Waals surface area (Å²) in [6.45, 7) is 12.8. The molecule has 0 aliphatic heterocycles. The third-order valence-corrected chi connectivity index (χ3v) is 9.39. The highest BCUT2D eigenvalue weighted by Crippen LogP contribution is 2.27. The largest absolute Gasteiger partial charge is 0.379 e. The normalized spacial score (nSPS) is 10.8. The zero-order chi connectivity index (χ0) is 38.1. The van der Waals surface area contributed by atoms with Crippen molar-refractivity contribution in [2.75, 3.05) is 5.32 Å². The van der Waals surface area contributed by atoms with E-state index in [1.165, 1.54) is 0 Å². The van der Waals surface area contributed by atoms with E-state index in [-0.39, 0.29) is 16.2 Å². The van der Waals surface area contributed by atoms with Crippen molar-refractivity contribution in [2.45, 2.75) is 64.3 Å². The minimum Gasteiger partial charge on any atom is -0.379 e. The number of hydrogen-bond donors (Lipinski definition) is 1. The van der Waals surface area contributed by atoms with Crippen LogP contribution in [0.15, 0.2) is 115 Å². The summed E-state index contributed by atoms with van der Waals surface area (Å²) in [6, 6.07) is 38.7. The molecule has 0 atom stereocenters. The molecule has 5 aromatic carbocycles. The molecule has 0 aliphatic carbocycles. The first-order valence-corrected chi connectivity index (χ1v) is 17.6. The first kappa shape index (κ1) is 37.5. The lowest BCUT2D eigenvalue weighted by Crippen LogP contribution is -2.13. The first-order chi connectivity index (χ1) is 25.3. The molecule has 5 aromatic rings. The highest BCUT2D eigenvalue weighted by atomic mass is 14.9. The van der Waals surface area contributed by atoms with Gasteiger partial charge in [0.05, 0.1) is 33.1 Å². The van der Waals surface area contributed by atoms with Gasteiger partial charge in [0.1, 0.15) is 0 Å². The van der Waals surface area contributed by atoms with Crippen molar-refractivity contribution in [1.82, 2.24) is 0 Å². The molecule has 0 aromatic heterocycles. The SMILES string of the molecule is C#CC(C)(C)c1ccc(C#Cc2cc(C#Cc3ccc(C(C)(C)C#C)cc3)c(NCc3ccccc3)c(C#Cc3ccc(C(C)(C)C#C)cc3)c2)cc1. The Bertz CT molecular complexity index is 2310. The molecule has 0 saturated carbocycles. The van der Waals surface area contributed by atoms with Gasteiger partial charge in [0.25, 0.3) is 0 Å². The van der Waals surface area contributed by atoms with Gasteiger partial charge in [-0.05, 0) is 112 Å². The fraction of sp³-hybridized carbons (Fsp3) is 0.192. The van der Waals surface area contributed by atoms with Gasteiger partial charge in [0.2, 0.25) is 0 Å². The molecule has 0 unspecified atom stereocenters. The molecule has 5 rings (SSSR count). The molecule has 53 heavy (non-hydrogen) atoms. The standard InChI is InChI=1S/C52H43N/c1-10-50(4,5)46-30-22-39(23-31-46)18-19-43-36-44(28-20-40-24-32-47(33-25-40)51(6,7)11-2)49(53-38-42-16-14-13-15-17-42)45(37-43)29-21-41-26-34-48(35-27-41)52(8,9)12-3/h1-3,13-17,22-27,30-37,53H,38H2,4-9H3. The van der Waals surface area contributed by atoms with Crippen LogP contribution in [0.1, 0.15) is 97.2 Å². The molecular weight excluding hydrogens is 639 g/mol. The van der Waals surface area contributed by atoms with Crippen molar-refractivity contribution in [2.24, 2.45) is 0 Å². The van der Waals surface area contributed by atoms with Crippen molar-refractivity contribution >= 4 is 5.69 Å². The second-order valence-corrected chi connectivity index (χ2v) is 14.6. The summed E-state index contributed by atoms with van der Waals surface area (Å²) in [7, 11) is 0. The zero-order valence-corrected chi connectivity index (χ0v) is 31.4. The van der Waals surface area contributed by atoms with Gasteiger partial charge < -0.3 is 5.32 Å². The third-order valence-electron chi connectivity index (χ3n) is 9.39. The van der Waals surface area contributed by atoms with E-state index in [1.54, 1.807) is 0 Å². The van der Waals surface area contributed by atoms with Crippen LogP contribution in [0.5, 0.6) is 0 Å². The van der Waals surface area contributed by atoms with E-state index in [1.807, 2.05) is 145 Å². The fourth-order valence-electron chi connectivity index (χ4n) is 5.47. The Kier molecular flexibility index (Phi) is 11.4. The topological polar surface area (TPSA) is 12.0 Å². The summed E-state index contributed by atoms with van der Waals surface area (Å²) in [5, 5.41) is 3.66. The zero-order valence-electron chi connectivity index (χ0n) is 31.4. The molecule has 1 nitrogen and oxygen atoms in total. The van der Waals surface area contributed by atoms with Gasteiger partial charge in [-0.3, -0.25) is 0 Å². The number of anilines is 1. The number of benzene rings is 5. The van der Waals surface area contributed by atoms with E-state index in [4.69, 9.17) is 19.3 Å². The van der Waals surface area contributed by atoms with Gasteiger partial charge in [-0.2, -0.15) is 0 Å². The smallest absolute Gasteiger partial charge is 0.0662 e. The summed E-state index contributed by atoms with van der Waals surface area (Å²) in [4.78, 5) is 0. The Balaban J connectivity index is 1.62. The van der Waals surface area contributed by atoms with Gasteiger partial charge in [0, 0.05) is 28.8 Å². The summed E-state index contributed by atoms with van der Waals surface area (Å²) in [6.07, 6.45) is 17.3. The van der Waals surface area contributed by atoms with Gasteiger partial charge in [-0.1, -0.05) is 120 Å². The molecule has 0 saturated heterocycles. The van der Waals surface area contributed by atoms with Crippen molar-refractivity contribution in [3.05, 3.63) is 171 Å². The lowest BCUT2D eigenvalue weighted by molar-refractivity contribution is 0.699. The van der Waals surface area contributed by atoms with Crippen LogP contribution in [0.25, 0.3) is 0 Å². The van der Waals surface area contributed by atoms with Crippen molar-refractivity contribution < 1.29 is 0 Å². The molecule has 256 valence electrons. The van der Waals surface area contributed by atoms with E-state index in [2.05, 4.69) is 70.7 Å². The lowest BCUT2D eigenvalue weighted by Gasteiger charge is -2.17. The maximum absolute atomic E-state index is 5.79. The van der Waals surface area contributed by atoms with Crippen molar-refractivity contribution in [1.29, 1.82) is 0 Å². The molecule has 0 heterocycles. The second-order valence-electron chi connectivity index (χ2n) is 14.6. The van der Waals surface area contributed by atoms with Crippen LogP contribution in [0.4, 0.5) is 5.69 Å². The van der Waals surface area contributed by atoms with Crippen LogP contribution < -0.4 is 5.32 Å². The number of rotatable bonds is 6. The van der Waals surface area contributed by atoms with Crippen LogP contribution >= 0.6 is 0 Å². The molecule has 1 N–H and O–H groups in total. The molecule has 1 heteroatoms. The van der Waals surface area contributed by atoms with Crippen LogP contribution in [-0.2, 0) is 22.8 Å². The van der Waals surface area contributed by atoms with E-state index < -0.39 is 0 Å². The Hall–Kier alpha value is -6.74. The van der Waals surface area contributed by atoms with E-state index in [9.17, 15) is 0 Å². The van der Waals surface area contributed by atoms with Crippen LogP contribution in [-0.4, -0.2) is 0 Å². The number of hydrogen-bond acceptors (Lipinski definition) is 1. The van der Waals surface area contributed by atoms with Gasteiger partial charge in [-0.15, -0.1) is 19.3 Å². The molecule has 0 radical (unpaired) electrons. The van der Waals surface area contributed by atoms with Crippen molar-refractivity contribution in [3.63, 3.8) is 0 Å². The minimum atomic E-state index is -0.364. The summed E-state index contributed by atoms with van der Waals surface area (Å²) < 4.78 is 0. The highest BCUT2D eigenvalue weighted by Gasteiger charge is 2.18. The van der Waals surface area contributed by atoms with Crippen molar-refractivity contribution in [3.8, 4) is 72.6 Å². The van der Waals surface area contributed by atoms with Gasteiger partial charge in [0.15, 0.2) is 0 Å². The monoisotopic (exact) mass is 681 g/mol. The first-order valence-electron chi connectivity index (χ1n) is 17.6. The second kappa shape index (κ2) is 16.1.